The predicted octanol–water partition coefficient (Wildman–Crippen LogP) is 3.78. The molecule has 1 heterocycles. The zero-order valence-electron chi connectivity index (χ0n) is 15.2. The summed E-state index contributed by atoms with van der Waals surface area (Å²) < 4.78 is 1.05. The number of carbonyl (C=O) groups excluding carboxylic acids is 1. The minimum atomic E-state index is -0.840. The van der Waals surface area contributed by atoms with Crippen molar-refractivity contribution in [3.05, 3.63) is 75.3 Å². The molecule has 2 aromatic carbocycles. The van der Waals surface area contributed by atoms with Crippen LogP contribution in [-0.4, -0.2) is 20.7 Å². The Kier molecular flexibility index (Phi) is 5.37. The van der Waals surface area contributed by atoms with Gasteiger partial charge in [-0.1, -0.05) is 53.6 Å². The Bertz CT molecular complexity index is 1020. The molecule has 0 saturated heterocycles. The van der Waals surface area contributed by atoms with Crippen molar-refractivity contribution < 1.29 is 4.79 Å². The van der Waals surface area contributed by atoms with Crippen LogP contribution in [0.5, 0.6) is 0 Å². The Morgan fingerprint density at radius 1 is 1.15 bits per heavy atom. The molecule has 0 spiro atoms. The molecule has 1 amide bonds. The third-order valence-electron chi connectivity index (χ3n) is 4.28. The molecule has 7 heteroatoms. The van der Waals surface area contributed by atoms with Gasteiger partial charge in [-0.05, 0) is 32.4 Å². The number of nitrogens with one attached hydrogen (secondary N) is 1. The lowest BCUT2D eigenvalue weighted by Gasteiger charge is -2.15. The lowest BCUT2D eigenvalue weighted by atomic mass is 10.1. The number of halogens is 1. The zero-order chi connectivity index (χ0) is 19.6. The van der Waals surface area contributed by atoms with Crippen LogP contribution in [0, 0.1) is 13.8 Å². The topological polar surface area (TPSA) is 76.9 Å². The Hall–Kier alpha value is -2.99. The summed E-state index contributed by atoms with van der Waals surface area (Å²) in [5, 5.41) is 7.32. The fourth-order valence-electron chi connectivity index (χ4n) is 2.61. The van der Waals surface area contributed by atoms with Gasteiger partial charge in [-0.2, -0.15) is 10.1 Å². The Balaban J connectivity index is 1.84. The first kappa shape index (κ1) is 18.8. The highest BCUT2D eigenvalue weighted by Gasteiger charge is 2.20. The molecule has 6 nitrogen and oxygen atoms in total. The van der Waals surface area contributed by atoms with Crippen LogP contribution in [0.2, 0.25) is 5.02 Å². The van der Waals surface area contributed by atoms with Gasteiger partial charge in [0.2, 0.25) is 5.91 Å². The summed E-state index contributed by atoms with van der Waals surface area (Å²) in [6.07, 6.45) is 1.48. The van der Waals surface area contributed by atoms with Gasteiger partial charge in [0.25, 0.3) is 0 Å². The summed E-state index contributed by atoms with van der Waals surface area (Å²) in [4.78, 5) is 29.0. The minimum absolute atomic E-state index is 0.398. The summed E-state index contributed by atoms with van der Waals surface area (Å²) in [7, 11) is 0. The van der Waals surface area contributed by atoms with E-state index in [0.717, 1.165) is 21.4 Å². The van der Waals surface area contributed by atoms with E-state index in [-0.39, 0.29) is 0 Å². The Labute approximate surface area is 161 Å². The first-order chi connectivity index (χ1) is 12.9. The van der Waals surface area contributed by atoms with Gasteiger partial charge < -0.3 is 5.32 Å². The van der Waals surface area contributed by atoms with E-state index in [1.54, 1.807) is 19.1 Å². The molecule has 1 N–H and O–H groups in total. The molecular formula is C20H19ClN4O2. The zero-order valence-corrected chi connectivity index (χ0v) is 16.0. The number of hydrogen-bond acceptors (Lipinski definition) is 4. The monoisotopic (exact) mass is 382 g/mol. The summed E-state index contributed by atoms with van der Waals surface area (Å²) in [6.45, 7) is 5.41. The number of aromatic nitrogens is 3. The number of amides is 1. The average molecular weight is 383 g/mol. The summed E-state index contributed by atoms with van der Waals surface area (Å²) in [6, 6.07) is 12.1. The van der Waals surface area contributed by atoms with Gasteiger partial charge in [0.15, 0.2) is 0 Å². The molecule has 0 bridgehead atoms. The third-order valence-corrected chi connectivity index (χ3v) is 4.60. The fraction of sp³-hybridized carbons (Fsp3) is 0.200. The Morgan fingerprint density at radius 3 is 2.48 bits per heavy atom. The van der Waals surface area contributed by atoms with Crippen molar-refractivity contribution in [3.63, 3.8) is 0 Å². The molecule has 0 fully saturated rings. The molecule has 0 saturated carbocycles. The molecule has 0 aliphatic rings. The van der Waals surface area contributed by atoms with Gasteiger partial charge in [0.05, 0.1) is 22.6 Å². The number of carbonyl (C=O) groups is 1. The van der Waals surface area contributed by atoms with E-state index in [1.165, 1.54) is 6.20 Å². The van der Waals surface area contributed by atoms with Gasteiger partial charge in [-0.25, -0.2) is 9.48 Å². The van der Waals surface area contributed by atoms with Crippen LogP contribution in [0.15, 0.2) is 53.5 Å². The van der Waals surface area contributed by atoms with E-state index in [1.807, 2.05) is 44.2 Å². The van der Waals surface area contributed by atoms with Gasteiger partial charge in [0.1, 0.15) is 6.04 Å². The molecule has 3 aromatic rings. The number of rotatable bonds is 4. The van der Waals surface area contributed by atoms with Crippen LogP contribution in [0.25, 0.3) is 11.3 Å². The SMILES string of the molecule is Cc1ccc(-c2cnn([C@@H](C)C(=O)Nc3c(C)cccc3Cl)c(=O)n2)cc1. The number of anilines is 1. The van der Waals surface area contributed by atoms with Gasteiger partial charge in [0, 0.05) is 5.56 Å². The van der Waals surface area contributed by atoms with E-state index < -0.39 is 17.6 Å². The maximum Gasteiger partial charge on any atom is 0.365 e. The second-order valence-corrected chi connectivity index (χ2v) is 6.74. The lowest BCUT2D eigenvalue weighted by molar-refractivity contribution is -0.119. The predicted molar refractivity (Wildman–Crippen MR) is 106 cm³/mol. The van der Waals surface area contributed by atoms with Gasteiger partial charge in [-0.15, -0.1) is 0 Å². The number of para-hydroxylation sites is 1. The molecule has 0 aliphatic heterocycles. The molecule has 0 unspecified atom stereocenters. The number of benzene rings is 2. The maximum atomic E-state index is 12.6. The maximum absolute atomic E-state index is 12.6. The van der Waals surface area contributed by atoms with Crippen molar-refractivity contribution >= 4 is 23.2 Å². The molecule has 3 rings (SSSR count). The standard InChI is InChI=1S/C20H19ClN4O2/c1-12-7-9-15(10-8-12)17-11-22-25(20(27)23-17)14(3)19(26)24-18-13(2)5-4-6-16(18)21/h4-11,14H,1-3H3,(H,24,26)/t14-/m0/s1. The molecule has 27 heavy (non-hydrogen) atoms. The second-order valence-electron chi connectivity index (χ2n) is 6.33. The van der Waals surface area contributed by atoms with Crippen LogP contribution in [0.3, 0.4) is 0 Å². The first-order valence-corrected chi connectivity index (χ1v) is 8.83. The number of aryl methyl sites for hydroxylation is 2. The largest absolute Gasteiger partial charge is 0.365 e. The van der Waals surface area contributed by atoms with Gasteiger partial charge in [-0.3, -0.25) is 4.79 Å². The number of nitrogens with zero attached hydrogens (tertiary/aromatic N) is 3. The summed E-state index contributed by atoms with van der Waals surface area (Å²) in [5.41, 5.74) is 3.13. The van der Waals surface area contributed by atoms with Crippen molar-refractivity contribution in [3.8, 4) is 11.3 Å². The van der Waals surface area contributed by atoms with Crippen molar-refractivity contribution in [2.45, 2.75) is 26.8 Å². The average Bonchev–Trinajstić information content (AvgIpc) is 2.64. The molecule has 0 radical (unpaired) electrons. The van der Waals surface area contributed by atoms with E-state index in [0.29, 0.717) is 16.4 Å². The smallest absolute Gasteiger partial charge is 0.323 e. The first-order valence-electron chi connectivity index (χ1n) is 8.45. The molecule has 138 valence electrons. The van der Waals surface area contributed by atoms with Crippen LogP contribution < -0.4 is 11.0 Å². The fourth-order valence-corrected chi connectivity index (χ4v) is 2.88. The minimum Gasteiger partial charge on any atom is -0.323 e. The van der Waals surface area contributed by atoms with Crippen molar-refractivity contribution in [2.75, 3.05) is 5.32 Å². The van der Waals surface area contributed by atoms with Gasteiger partial charge >= 0.3 is 5.69 Å². The van der Waals surface area contributed by atoms with Crippen molar-refractivity contribution in [1.82, 2.24) is 14.8 Å². The van der Waals surface area contributed by atoms with E-state index in [2.05, 4.69) is 15.4 Å². The van der Waals surface area contributed by atoms with Crippen LogP contribution in [-0.2, 0) is 4.79 Å². The quantitative estimate of drug-likeness (QED) is 0.745. The molecule has 1 atom stereocenters. The van der Waals surface area contributed by atoms with Crippen LogP contribution >= 0.6 is 11.6 Å². The second kappa shape index (κ2) is 7.72. The van der Waals surface area contributed by atoms with E-state index >= 15 is 0 Å². The van der Waals surface area contributed by atoms with Crippen molar-refractivity contribution in [1.29, 1.82) is 0 Å². The molecular weight excluding hydrogens is 364 g/mol. The Morgan fingerprint density at radius 2 is 1.85 bits per heavy atom. The normalized spacial score (nSPS) is 11.9. The lowest BCUT2D eigenvalue weighted by Crippen LogP contribution is -2.35. The highest BCUT2D eigenvalue weighted by atomic mass is 35.5. The summed E-state index contributed by atoms with van der Waals surface area (Å²) in [5.74, 6) is -0.398. The van der Waals surface area contributed by atoms with E-state index in [9.17, 15) is 9.59 Å². The number of hydrogen-bond donors (Lipinski definition) is 1. The van der Waals surface area contributed by atoms with E-state index in [4.69, 9.17) is 11.6 Å². The highest BCUT2D eigenvalue weighted by Crippen LogP contribution is 2.26. The van der Waals surface area contributed by atoms with Crippen LogP contribution in [0.1, 0.15) is 24.1 Å². The highest BCUT2D eigenvalue weighted by molar-refractivity contribution is 6.34. The van der Waals surface area contributed by atoms with Crippen molar-refractivity contribution in [2.24, 2.45) is 0 Å². The third kappa shape index (κ3) is 4.06. The molecule has 0 aliphatic carbocycles. The molecule has 1 aromatic heterocycles. The van der Waals surface area contributed by atoms with Crippen LogP contribution in [0.4, 0.5) is 5.69 Å². The summed E-state index contributed by atoms with van der Waals surface area (Å²) >= 11 is 6.14.